The van der Waals surface area contributed by atoms with Gasteiger partial charge in [0.15, 0.2) is 0 Å². The average molecular weight is 473 g/mol. The predicted octanol–water partition coefficient (Wildman–Crippen LogP) is 8.75. The molecule has 0 bridgehead atoms. The van der Waals surface area contributed by atoms with E-state index in [0.717, 1.165) is 5.56 Å². The highest BCUT2D eigenvalue weighted by Gasteiger charge is 2.22. The number of unbranched alkanes of at least 4 members (excludes halogenated alkanes) is 9. The van der Waals surface area contributed by atoms with Crippen molar-refractivity contribution in [2.24, 2.45) is 0 Å². The molecule has 0 aliphatic rings. The van der Waals surface area contributed by atoms with E-state index >= 15 is 0 Å². The maximum atomic E-state index is 10.5. The molecular formula is C26H49O3PS. The lowest BCUT2D eigenvalue weighted by molar-refractivity contribution is 0.406. The molecule has 1 rings (SSSR count). The first-order chi connectivity index (χ1) is 14.7. The molecule has 1 unspecified atom stereocenters. The summed E-state index contributed by atoms with van der Waals surface area (Å²) in [5, 5.41) is 0.565. The Morgan fingerprint density at radius 3 is 1.35 bits per heavy atom. The zero-order chi connectivity index (χ0) is 23.6. The van der Waals surface area contributed by atoms with Gasteiger partial charge in [0.1, 0.15) is 0 Å². The van der Waals surface area contributed by atoms with Gasteiger partial charge in [-0.15, -0.1) is 9.24 Å². The molecule has 0 aromatic heterocycles. The van der Waals surface area contributed by atoms with Crippen LogP contribution in [0.3, 0.4) is 0 Å². The SMILES string of the molecule is CCCCCCC(P)(CCCCCC)CCCCCC.Cc1ccc(S(=O)(=O)O)cc1. The summed E-state index contributed by atoms with van der Waals surface area (Å²) in [6.45, 7) is 8.77. The molecule has 0 saturated heterocycles. The van der Waals surface area contributed by atoms with E-state index < -0.39 is 10.1 Å². The van der Waals surface area contributed by atoms with E-state index in [9.17, 15) is 8.42 Å². The second-order valence-corrected chi connectivity index (χ2v) is 11.7. The van der Waals surface area contributed by atoms with Crippen molar-refractivity contribution in [3.63, 3.8) is 0 Å². The summed E-state index contributed by atoms with van der Waals surface area (Å²) >= 11 is 0. The standard InChI is InChI=1S/C19H41P.C7H8O3S/c1-4-7-10-13-16-19(20,17-14-11-8-5-2)18-15-12-9-6-3;1-6-2-4-7(5-3-6)11(8,9)10/h4-18,20H2,1-3H3;2-5H,1H3,(H,8,9,10). The van der Waals surface area contributed by atoms with Crippen LogP contribution in [0.2, 0.25) is 0 Å². The molecule has 3 nitrogen and oxygen atoms in total. The van der Waals surface area contributed by atoms with Gasteiger partial charge in [0.2, 0.25) is 0 Å². The van der Waals surface area contributed by atoms with Gasteiger partial charge < -0.3 is 0 Å². The summed E-state index contributed by atoms with van der Waals surface area (Å²) < 4.78 is 29.6. The molecule has 0 heterocycles. The van der Waals surface area contributed by atoms with Gasteiger partial charge in [-0.3, -0.25) is 4.55 Å². The monoisotopic (exact) mass is 472 g/mol. The molecule has 31 heavy (non-hydrogen) atoms. The Hall–Kier alpha value is -0.440. The Morgan fingerprint density at radius 1 is 0.710 bits per heavy atom. The van der Waals surface area contributed by atoms with Crippen LogP contribution in [-0.2, 0) is 10.1 Å². The highest BCUT2D eigenvalue weighted by molar-refractivity contribution is 7.85. The number of benzene rings is 1. The Labute approximate surface area is 196 Å². The first-order valence-corrected chi connectivity index (χ1v) is 14.5. The van der Waals surface area contributed by atoms with Crippen molar-refractivity contribution in [2.45, 2.75) is 134 Å². The molecule has 1 N–H and O–H groups in total. The number of rotatable bonds is 16. The van der Waals surface area contributed by atoms with Crippen molar-refractivity contribution in [1.82, 2.24) is 0 Å². The molecule has 0 aliphatic carbocycles. The Kier molecular flexibility index (Phi) is 17.8. The van der Waals surface area contributed by atoms with E-state index in [0.29, 0.717) is 5.16 Å². The zero-order valence-electron chi connectivity index (χ0n) is 20.7. The van der Waals surface area contributed by atoms with Crippen LogP contribution in [0.25, 0.3) is 0 Å². The summed E-state index contributed by atoms with van der Waals surface area (Å²) in [6.07, 6.45) is 21.3. The van der Waals surface area contributed by atoms with Crippen LogP contribution >= 0.6 is 9.24 Å². The molecular weight excluding hydrogens is 423 g/mol. The zero-order valence-corrected chi connectivity index (χ0v) is 22.6. The van der Waals surface area contributed by atoms with Crippen LogP contribution in [0.1, 0.15) is 123 Å². The van der Waals surface area contributed by atoms with Crippen LogP contribution < -0.4 is 0 Å². The molecule has 182 valence electrons. The van der Waals surface area contributed by atoms with Gasteiger partial charge in [-0.05, 0) is 43.5 Å². The molecule has 0 radical (unpaired) electrons. The van der Waals surface area contributed by atoms with Crippen LogP contribution in [0.4, 0.5) is 0 Å². The lowest BCUT2D eigenvalue weighted by atomic mass is 9.88. The van der Waals surface area contributed by atoms with Crippen molar-refractivity contribution >= 4 is 19.4 Å². The van der Waals surface area contributed by atoms with E-state index in [-0.39, 0.29) is 4.90 Å². The topological polar surface area (TPSA) is 54.4 Å². The first kappa shape index (κ1) is 30.6. The van der Waals surface area contributed by atoms with Crippen LogP contribution in [-0.4, -0.2) is 18.1 Å². The maximum absolute atomic E-state index is 10.5. The van der Waals surface area contributed by atoms with Crippen LogP contribution in [0, 0.1) is 6.92 Å². The fourth-order valence-corrected chi connectivity index (χ4v) is 4.89. The molecule has 1 atom stereocenters. The van der Waals surface area contributed by atoms with Gasteiger partial charge in [-0.25, -0.2) is 0 Å². The van der Waals surface area contributed by atoms with Crippen molar-refractivity contribution in [3.05, 3.63) is 29.8 Å². The Balaban J connectivity index is 0.000000683. The van der Waals surface area contributed by atoms with Crippen molar-refractivity contribution in [1.29, 1.82) is 0 Å². The number of aryl methyl sites for hydroxylation is 1. The largest absolute Gasteiger partial charge is 0.294 e. The summed E-state index contributed by atoms with van der Waals surface area (Å²) in [5.74, 6) is 0. The summed E-state index contributed by atoms with van der Waals surface area (Å²) in [4.78, 5) is -0.0666. The molecule has 0 amide bonds. The predicted molar refractivity (Wildman–Crippen MR) is 140 cm³/mol. The molecule has 0 spiro atoms. The van der Waals surface area contributed by atoms with Gasteiger partial charge in [0, 0.05) is 0 Å². The number of hydrogen-bond acceptors (Lipinski definition) is 2. The fraction of sp³-hybridized carbons (Fsp3) is 0.769. The Bertz CT molecular complexity index is 610. The average Bonchev–Trinajstić information content (AvgIpc) is 2.72. The molecule has 5 heteroatoms. The van der Waals surface area contributed by atoms with Gasteiger partial charge in [-0.1, -0.05) is 116 Å². The smallest absolute Gasteiger partial charge is 0.282 e. The van der Waals surface area contributed by atoms with Gasteiger partial charge >= 0.3 is 0 Å². The minimum Gasteiger partial charge on any atom is -0.282 e. The minimum absolute atomic E-state index is 0.0666. The van der Waals surface area contributed by atoms with E-state index in [4.69, 9.17) is 4.55 Å². The molecule has 0 aliphatic heterocycles. The molecule has 0 fully saturated rings. The van der Waals surface area contributed by atoms with E-state index in [1.807, 2.05) is 6.92 Å². The third-order valence-corrected chi connectivity index (χ3v) is 7.64. The van der Waals surface area contributed by atoms with Crippen LogP contribution in [0.5, 0.6) is 0 Å². The maximum Gasteiger partial charge on any atom is 0.294 e. The second kappa shape index (κ2) is 18.0. The van der Waals surface area contributed by atoms with Crippen molar-refractivity contribution in [2.75, 3.05) is 0 Å². The quantitative estimate of drug-likeness (QED) is 0.149. The highest BCUT2D eigenvalue weighted by atomic mass is 32.2. The number of hydrogen-bond donors (Lipinski definition) is 1. The summed E-state index contributed by atoms with van der Waals surface area (Å²) in [7, 11) is -0.745. The third kappa shape index (κ3) is 16.8. The van der Waals surface area contributed by atoms with Gasteiger partial charge in [-0.2, -0.15) is 8.42 Å². The molecule has 0 saturated carbocycles. The van der Waals surface area contributed by atoms with Crippen molar-refractivity contribution in [3.8, 4) is 0 Å². The van der Waals surface area contributed by atoms with E-state index in [1.165, 1.54) is 108 Å². The Morgan fingerprint density at radius 2 is 1.06 bits per heavy atom. The second-order valence-electron chi connectivity index (χ2n) is 9.08. The molecule has 1 aromatic carbocycles. The fourth-order valence-electron chi connectivity index (χ4n) is 3.80. The van der Waals surface area contributed by atoms with Gasteiger partial charge in [0.05, 0.1) is 4.90 Å². The lowest BCUT2D eigenvalue weighted by Crippen LogP contribution is -2.20. The van der Waals surface area contributed by atoms with Gasteiger partial charge in [0.25, 0.3) is 10.1 Å². The molecule has 1 aromatic rings. The highest BCUT2D eigenvalue weighted by Crippen LogP contribution is 2.37. The summed E-state index contributed by atoms with van der Waals surface area (Å²) in [5.41, 5.74) is 0.956. The normalized spacial score (nSPS) is 11.8. The first-order valence-electron chi connectivity index (χ1n) is 12.5. The minimum atomic E-state index is -4.02. The lowest BCUT2D eigenvalue weighted by Gasteiger charge is -2.30. The third-order valence-electron chi connectivity index (χ3n) is 5.90. The van der Waals surface area contributed by atoms with Crippen LogP contribution in [0.15, 0.2) is 29.2 Å². The summed E-state index contributed by atoms with van der Waals surface area (Å²) in [6, 6.07) is 5.99. The van der Waals surface area contributed by atoms with Crippen molar-refractivity contribution < 1.29 is 13.0 Å². The van der Waals surface area contributed by atoms with E-state index in [1.54, 1.807) is 12.1 Å². The van der Waals surface area contributed by atoms with E-state index in [2.05, 4.69) is 30.0 Å².